The van der Waals surface area contributed by atoms with E-state index in [-0.39, 0.29) is 5.91 Å². The summed E-state index contributed by atoms with van der Waals surface area (Å²) in [6.45, 7) is 6.97. The Labute approximate surface area is 184 Å². The number of carbonyl (C=O) groups is 1. The second-order valence-electron chi connectivity index (χ2n) is 8.11. The lowest BCUT2D eigenvalue weighted by atomic mass is 9.95. The number of para-hydroxylation sites is 1. The molecule has 162 valence electrons. The monoisotopic (exact) mass is 416 g/mol. The molecule has 5 heteroatoms. The Kier molecular flexibility index (Phi) is 6.70. The van der Waals surface area contributed by atoms with E-state index in [1.165, 1.54) is 40.7 Å². The third-order valence-electron chi connectivity index (χ3n) is 6.27. The van der Waals surface area contributed by atoms with Crippen molar-refractivity contribution in [1.82, 2.24) is 9.99 Å². The van der Waals surface area contributed by atoms with E-state index in [1.807, 2.05) is 12.1 Å². The van der Waals surface area contributed by atoms with Crippen LogP contribution in [0.4, 0.5) is 5.69 Å². The van der Waals surface area contributed by atoms with Crippen LogP contribution in [0.15, 0.2) is 53.6 Å². The van der Waals surface area contributed by atoms with Crippen molar-refractivity contribution in [3.63, 3.8) is 0 Å². The summed E-state index contributed by atoms with van der Waals surface area (Å²) in [6, 6.07) is 16.8. The average Bonchev–Trinajstić information content (AvgIpc) is 3.13. The quantitative estimate of drug-likeness (QED) is 0.419. The molecule has 0 spiro atoms. The maximum absolute atomic E-state index is 12.4. The lowest BCUT2D eigenvalue weighted by Gasteiger charge is -2.20. The number of aryl methyl sites for hydroxylation is 2. The maximum atomic E-state index is 12.4. The van der Waals surface area contributed by atoms with Crippen LogP contribution in [-0.2, 0) is 24.2 Å². The summed E-state index contributed by atoms with van der Waals surface area (Å²) in [7, 11) is 0. The molecule has 5 nitrogen and oxygen atoms in total. The number of amides is 1. The van der Waals surface area contributed by atoms with Gasteiger partial charge < -0.3 is 9.47 Å². The molecule has 1 aliphatic carbocycles. The maximum Gasteiger partial charge on any atom is 0.241 e. The zero-order chi connectivity index (χ0) is 21.6. The van der Waals surface area contributed by atoms with E-state index in [2.05, 4.69) is 70.2 Å². The molecule has 1 heterocycles. The molecule has 1 amide bonds. The number of nitrogens with one attached hydrogen (secondary N) is 1. The number of rotatable bonds is 8. The van der Waals surface area contributed by atoms with Gasteiger partial charge in [-0.05, 0) is 68.9 Å². The molecule has 0 saturated carbocycles. The summed E-state index contributed by atoms with van der Waals surface area (Å²) >= 11 is 0. The number of fused-ring (bicyclic) bond motifs is 3. The first-order chi connectivity index (χ1) is 15.2. The van der Waals surface area contributed by atoms with Crippen LogP contribution in [0.2, 0.25) is 0 Å². The van der Waals surface area contributed by atoms with E-state index < -0.39 is 0 Å². The Morgan fingerprint density at radius 2 is 1.81 bits per heavy atom. The topological polar surface area (TPSA) is 49.6 Å². The van der Waals surface area contributed by atoms with Gasteiger partial charge in [0.2, 0.25) is 5.91 Å². The van der Waals surface area contributed by atoms with Crippen LogP contribution in [0.1, 0.15) is 49.9 Å². The van der Waals surface area contributed by atoms with Crippen molar-refractivity contribution >= 4 is 28.7 Å². The van der Waals surface area contributed by atoms with Gasteiger partial charge in [0.25, 0.3) is 0 Å². The fourth-order valence-corrected chi connectivity index (χ4v) is 4.65. The summed E-state index contributed by atoms with van der Waals surface area (Å²) in [5, 5.41) is 5.51. The third-order valence-corrected chi connectivity index (χ3v) is 6.27. The molecule has 0 radical (unpaired) electrons. The van der Waals surface area contributed by atoms with Crippen molar-refractivity contribution in [2.75, 3.05) is 18.0 Å². The highest BCUT2D eigenvalue weighted by Gasteiger charge is 2.19. The van der Waals surface area contributed by atoms with Gasteiger partial charge in [0.15, 0.2) is 0 Å². The molecule has 31 heavy (non-hydrogen) atoms. The van der Waals surface area contributed by atoms with E-state index >= 15 is 0 Å². The summed E-state index contributed by atoms with van der Waals surface area (Å²) < 4.78 is 2.35. The lowest BCUT2D eigenvalue weighted by molar-refractivity contribution is -0.121. The summed E-state index contributed by atoms with van der Waals surface area (Å²) in [5.41, 5.74) is 9.01. The second kappa shape index (κ2) is 9.82. The number of hydrogen-bond acceptors (Lipinski definition) is 3. The third kappa shape index (κ3) is 4.66. The summed E-state index contributed by atoms with van der Waals surface area (Å²) in [6.07, 6.45) is 6.86. The number of hydrogen-bond donors (Lipinski definition) is 1. The van der Waals surface area contributed by atoms with Crippen LogP contribution < -0.4 is 10.3 Å². The Bertz CT molecular complexity index is 1060. The first-order valence-electron chi connectivity index (χ1n) is 11.5. The highest BCUT2D eigenvalue weighted by atomic mass is 16.2. The van der Waals surface area contributed by atoms with Crippen molar-refractivity contribution in [2.45, 2.75) is 52.5 Å². The standard InChI is InChI=1S/C26H32N4O/c1-3-29(4-2)21-15-13-20(14-16-21)19-27-28-26(31)17-18-30-24-11-7-5-9-22(24)23-10-6-8-12-25(23)30/h5,7,9,11,13-16,19H,3-4,6,8,10,12,17-18H2,1-2H3,(H,28,31). The Morgan fingerprint density at radius 3 is 2.58 bits per heavy atom. The number of hydrazone groups is 1. The predicted octanol–water partition coefficient (Wildman–Crippen LogP) is 4.91. The van der Waals surface area contributed by atoms with Gasteiger partial charge in [-0.2, -0.15) is 5.10 Å². The largest absolute Gasteiger partial charge is 0.372 e. The lowest BCUT2D eigenvalue weighted by Crippen LogP contribution is -2.21. The van der Waals surface area contributed by atoms with Crippen molar-refractivity contribution < 1.29 is 4.79 Å². The molecular formula is C26H32N4O. The molecule has 0 aliphatic heterocycles. The SMILES string of the molecule is CCN(CC)c1ccc(C=NNC(=O)CCn2c3c(c4ccccc42)CCCC3)cc1. The zero-order valence-electron chi connectivity index (χ0n) is 18.6. The van der Waals surface area contributed by atoms with E-state index in [4.69, 9.17) is 0 Å². The van der Waals surface area contributed by atoms with Crippen molar-refractivity contribution in [3.05, 3.63) is 65.4 Å². The average molecular weight is 417 g/mol. The number of nitrogens with zero attached hydrogens (tertiary/aromatic N) is 3. The first-order valence-corrected chi connectivity index (χ1v) is 11.5. The molecule has 1 aromatic heterocycles. The normalized spacial score (nSPS) is 13.5. The van der Waals surface area contributed by atoms with Crippen molar-refractivity contribution in [1.29, 1.82) is 0 Å². The van der Waals surface area contributed by atoms with E-state index in [0.717, 1.165) is 31.5 Å². The molecule has 0 bridgehead atoms. The van der Waals surface area contributed by atoms with Crippen LogP contribution in [0, 0.1) is 0 Å². The van der Waals surface area contributed by atoms with E-state index in [0.29, 0.717) is 13.0 Å². The summed E-state index contributed by atoms with van der Waals surface area (Å²) in [4.78, 5) is 14.7. The molecule has 0 fully saturated rings. The molecule has 3 aromatic rings. The second-order valence-corrected chi connectivity index (χ2v) is 8.11. The number of anilines is 1. The van der Waals surface area contributed by atoms with Crippen LogP contribution >= 0.6 is 0 Å². The Hall–Kier alpha value is -3.08. The minimum absolute atomic E-state index is 0.0571. The van der Waals surface area contributed by atoms with Gasteiger partial charge in [0, 0.05) is 48.3 Å². The minimum Gasteiger partial charge on any atom is -0.372 e. The Morgan fingerprint density at radius 1 is 1.06 bits per heavy atom. The van der Waals surface area contributed by atoms with E-state index in [9.17, 15) is 4.79 Å². The van der Waals surface area contributed by atoms with Gasteiger partial charge in [-0.25, -0.2) is 5.43 Å². The molecule has 2 aromatic carbocycles. The van der Waals surface area contributed by atoms with Crippen molar-refractivity contribution in [3.8, 4) is 0 Å². The molecule has 1 N–H and O–H groups in total. The van der Waals surface area contributed by atoms with Crippen molar-refractivity contribution in [2.24, 2.45) is 5.10 Å². The molecular weight excluding hydrogens is 384 g/mol. The molecule has 0 unspecified atom stereocenters. The van der Waals surface area contributed by atoms with Gasteiger partial charge in [0.1, 0.15) is 0 Å². The highest BCUT2D eigenvalue weighted by Crippen LogP contribution is 2.32. The molecule has 0 saturated heterocycles. The molecule has 1 aliphatic rings. The first kappa shape index (κ1) is 21.2. The van der Waals surface area contributed by atoms with Gasteiger partial charge in [-0.15, -0.1) is 0 Å². The molecule has 0 atom stereocenters. The number of carbonyl (C=O) groups excluding carboxylic acids is 1. The van der Waals surface area contributed by atoms with Gasteiger partial charge in [-0.3, -0.25) is 4.79 Å². The van der Waals surface area contributed by atoms with Crippen LogP contribution in [0.25, 0.3) is 10.9 Å². The molecule has 4 rings (SSSR count). The van der Waals surface area contributed by atoms with E-state index in [1.54, 1.807) is 6.21 Å². The van der Waals surface area contributed by atoms with Gasteiger partial charge >= 0.3 is 0 Å². The van der Waals surface area contributed by atoms with Crippen LogP contribution in [0.5, 0.6) is 0 Å². The van der Waals surface area contributed by atoms with Crippen LogP contribution in [-0.4, -0.2) is 29.8 Å². The summed E-state index contributed by atoms with van der Waals surface area (Å²) in [5.74, 6) is -0.0571. The predicted molar refractivity (Wildman–Crippen MR) is 129 cm³/mol. The number of benzene rings is 2. The van der Waals surface area contributed by atoms with Crippen LogP contribution in [0.3, 0.4) is 0 Å². The fourth-order valence-electron chi connectivity index (χ4n) is 4.65. The fraction of sp³-hybridized carbons (Fsp3) is 0.385. The zero-order valence-corrected chi connectivity index (χ0v) is 18.6. The number of aromatic nitrogens is 1. The highest BCUT2D eigenvalue weighted by molar-refractivity contribution is 5.86. The smallest absolute Gasteiger partial charge is 0.241 e. The van der Waals surface area contributed by atoms with Gasteiger partial charge in [0.05, 0.1) is 6.21 Å². The Balaban J connectivity index is 1.36. The van der Waals surface area contributed by atoms with Gasteiger partial charge in [-0.1, -0.05) is 30.3 Å². The minimum atomic E-state index is -0.0571.